The van der Waals surface area contributed by atoms with E-state index in [-0.39, 0.29) is 37.2 Å². The summed E-state index contributed by atoms with van der Waals surface area (Å²) < 4.78 is 10.5. The molecule has 0 spiro atoms. The van der Waals surface area contributed by atoms with E-state index in [0.717, 1.165) is 5.56 Å². The maximum atomic E-state index is 13.0. The summed E-state index contributed by atoms with van der Waals surface area (Å²) in [6.07, 6.45) is 0.0972. The second kappa shape index (κ2) is 10.7. The van der Waals surface area contributed by atoms with Crippen LogP contribution in [0.1, 0.15) is 22.3 Å². The first-order chi connectivity index (χ1) is 17.0. The zero-order valence-electron chi connectivity index (χ0n) is 19.6. The molecule has 1 unspecified atom stereocenters. The van der Waals surface area contributed by atoms with Crippen LogP contribution < -0.4 is 25.0 Å². The van der Waals surface area contributed by atoms with Gasteiger partial charge in [-0.15, -0.1) is 0 Å². The highest BCUT2D eigenvalue weighted by Crippen LogP contribution is 2.28. The van der Waals surface area contributed by atoms with Crippen molar-refractivity contribution < 1.29 is 23.9 Å². The standard InChI is InChI=1S/C27H27N3O5/c1-34-21-13-11-20(12-14-21)30-17-19(15-25(30)31)26(32)29-23-9-5-4-8-22(23)27(33)28-16-18-7-3-6-10-24(18)35-2/h3-14,19H,15-17H2,1-2H3,(H,28,33)(H,29,32). The van der Waals surface area contributed by atoms with E-state index < -0.39 is 5.92 Å². The quantitative estimate of drug-likeness (QED) is 0.521. The molecule has 3 aromatic rings. The third-order valence-electron chi connectivity index (χ3n) is 5.94. The average molecular weight is 474 g/mol. The predicted molar refractivity (Wildman–Crippen MR) is 133 cm³/mol. The van der Waals surface area contributed by atoms with Crippen LogP contribution >= 0.6 is 0 Å². The minimum atomic E-state index is -0.533. The van der Waals surface area contributed by atoms with E-state index in [9.17, 15) is 14.4 Å². The van der Waals surface area contributed by atoms with Crippen LogP contribution in [0.4, 0.5) is 11.4 Å². The molecule has 180 valence electrons. The van der Waals surface area contributed by atoms with Gasteiger partial charge in [-0.05, 0) is 42.5 Å². The number of amides is 3. The molecule has 1 saturated heterocycles. The second-order valence-electron chi connectivity index (χ2n) is 8.13. The SMILES string of the molecule is COc1ccc(N2CC(C(=O)Nc3ccccc3C(=O)NCc3ccccc3OC)CC2=O)cc1. The number of rotatable bonds is 8. The Balaban J connectivity index is 1.42. The van der Waals surface area contributed by atoms with E-state index in [1.165, 1.54) is 0 Å². The summed E-state index contributed by atoms with van der Waals surface area (Å²) in [5, 5.41) is 5.72. The minimum absolute atomic E-state index is 0.0972. The predicted octanol–water partition coefficient (Wildman–Crippen LogP) is 3.63. The molecule has 1 aliphatic rings. The molecule has 8 heteroatoms. The number of benzene rings is 3. The van der Waals surface area contributed by atoms with E-state index in [2.05, 4.69) is 10.6 Å². The third kappa shape index (κ3) is 5.43. The summed E-state index contributed by atoms with van der Waals surface area (Å²) in [7, 11) is 3.15. The van der Waals surface area contributed by atoms with Crippen LogP contribution in [0.2, 0.25) is 0 Å². The molecule has 1 heterocycles. The van der Waals surface area contributed by atoms with Gasteiger partial charge < -0.3 is 25.0 Å². The smallest absolute Gasteiger partial charge is 0.253 e. The average Bonchev–Trinajstić information content (AvgIpc) is 3.29. The first kappa shape index (κ1) is 23.8. The zero-order chi connectivity index (χ0) is 24.8. The van der Waals surface area contributed by atoms with Gasteiger partial charge in [0.15, 0.2) is 0 Å². The number of hydrogen-bond acceptors (Lipinski definition) is 5. The van der Waals surface area contributed by atoms with E-state index in [1.807, 2.05) is 24.3 Å². The van der Waals surface area contributed by atoms with Gasteiger partial charge in [0, 0.05) is 30.8 Å². The number of ether oxygens (including phenoxy) is 2. The largest absolute Gasteiger partial charge is 0.497 e. The molecular weight excluding hydrogens is 446 g/mol. The van der Waals surface area contributed by atoms with Crippen molar-refractivity contribution in [3.05, 3.63) is 83.9 Å². The summed E-state index contributed by atoms with van der Waals surface area (Å²) >= 11 is 0. The number of methoxy groups -OCH3 is 2. The summed E-state index contributed by atoms with van der Waals surface area (Å²) in [6, 6.07) is 21.4. The van der Waals surface area contributed by atoms with Gasteiger partial charge in [-0.25, -0.2) is 0 Å². The number of anilines is 2. The highest BCUT2D eigenvalue weighted by Gasteiger charge is 2.35. The van der Waals surface area contributed by atoms with Crippen molar-refractivity contribution in [2.75, 3.05) is 31.0 Å². The van der Waals surface area contributed by atoms with Gasteiger partial charge in [-0.1, -0.05) is 30.3 Å². The minimum Gasteiger partial charge on any atom is -0.497 e. The van der Waals surface area contributed by atoms with Gasteiger partial charge >= 0.3 is 0 Å². The molecule has 0 saturated carbocycles. The number of nitrogens with zero attached hydrogens (tertiary/aromatic N) is 1. The van der Waals surface area contributed by atoms with Crippen LogP contribution in [0, 0.1) is 5.92 Å². The van der Waals surface area contributed by atoms with Crippen molar-refractivity contribution in [1.82, 2.24) is 5.32 Å². The van der Waals surface area contributed by atoms with Gasteiger partial charge in [0.2, 0.25) is 11.8 Å². The molecule has 1 fully saturated rings. The van der Waals surface area contributed by atoms with Crippen molar-refractivity contribution in [3.8, 4) is 11.5 Å². The Kier molecular flexibility index (Phi) is 7.30. The first-order valence-corrected chi connectivity index (χ1v) is 11.2. The Morgan fingerprint density at radius 2 is 1.66 bits per heavy atom. The first-order valence-electron chi connectivity index (χ1n) is 11.2. The normalized spacial score (nSPS) is 15.0. The molecule has 1 atom stereocenters. The fourth-order valence-corrected chi connectivity index (χ4v) is 4.04. The van der Waals surface area contributed by atoms with E-state index in [1.54, 1.807) is 67.7 Å². The number of para-hydroxylation sites is 2. The highest BCUT2D eigenvalue weighted by molar-refractivity contribution is 6.07. The summed E-state index contributed by atoms with van der Waals surface area (Å²) in [5.74, 6) is 0.0814. The molecular formula is C27H27N3O5. The maximum absolute atomic E-state index is 13.0. The molecule has 35 heavy (non-hydrogen) atoms. The fraction of sp³-hybridized carbons (Fsp3) is 0.222. The van der Waals surface area contributed by atoms with Crippen LogP contribution in [0.5, 0.6) is 11.5 Å². The molecule has 3 aromatic carbocycles. The number of nitrogens with one attached hydrogen (secondary N) is 2. The lowest BCUT2D eigenvalue weighted by molar-refractivity contribution is -0.122. The van der Waals surface area contributed by atoms with Crippen LogP contribution in [0.15, 0.2) is 72.8 Å². The molecule has 2 N–H and O–H groups in total. The van der Waals surface area contributed by atoms with Crippen molar-refractivity contribution >= 4 is 29.1 Å². The van der Waals surface area contributed by atoms with Crippen molar-refractivity contribution in [2.45, 2.75) is 13.0 Å². The molecule has 0 aliphatic carbocycles. The molecule has 4 rings (SSSR count). The van der Waals surface area contributed by atoms with Gasteiger partial charge in [0.25, 0.3) is 5.91 Å². The van der Waals surface area contributed by atoms with Gasteiger partial charge in [-0.3, -0.25) is 14.4 Å². The van der Waals surface area contributed by atoms with Gasteiger partial charge in [0.05, 0.1) is 31.4 Å². The monoisotopic (exact) mass is 473 g/mol. The van der Waals surface area contributed by atoms with Crippen molar-refractivity contribution in [2.24, 2.45) is 5.92 Å². The van der Waals surface area contributed by atoms with Crippen molar-refractivity contribution in [1.29, 1.82) is 0 Å². The second-order valence-corrected chi connectivity index (χ2v) is 8.13. The van der Waals surface area contributed by atoms with E-state index in [4.69, 9.17) is 9.47 Å². The van der Waals surface area contributed by atoms with Crippen molar-refractivity contribution in [3.63, 3.8) is 0 Å². The molecule has 8 nitrogen and oxygen atoms in total. The van der Waals surface area contributed by atoms with Crippen LogP contribution in [0.3, 0.4) is 0 Å². The van der Waals surface area contributed by atoms with Crippen LogP contribution in [-0.4, -0.2) is 38.5 Å². The van der Waals surface area contributed by atoms with Crippen LogP contribution in [-0.2, 0) is 16.1 Å². The molecule has 3 amide bonds. The number of carbonyl (C=O) groups excluding carboxylic acids is 3. The molecule has 0 radical (unpaired) electrons. The lowest BCUT2D eigenvalue weighted by atomic mass is 10.1. The Bertz CT molecular complexity index is 1230. The lowest BCUT2D eigenvalue weighted by Crippen LogP contribution is -2.29. The Morgan fingerprint density at radius 1 is 0.943 bits per heavy atom. The number of carbonyl (C=O) groups is 3. The molecule has 1 aliphatic heterocycles. The topological polar surface area (TPSA) is 97.0 Å². The summed E-state index contributed by atoms with van der Waals surface area (Å²) in [5.41, 5.74) is 2.28. The van der Waals surface area contributed by atoms with Gasteiger partial charge in [-0.2, -0.15) is 0 Å². The third-order valence-corrected chi connectivity index (χ3v) is 5.94. The Labute approximate surface area is 203 Å². The summed E-state index contributed by atoms with van der Waals surface area (Å²) in [4.78, 5) is 40.1. The summed E-state index contributed by atoms with van der Waals surface area (Å²) in [6.45, 7) is 0.540. The highest BCUT2D eigenvalue weighted by atomic mass is 16.5. The maximum Gasteiger partial charge on any atom is 0.253 e. The molecule has 0 aromatic heterocycles. The van der Waals surface area contributed by atoms with E-state index >= 15 is 0 Å². The van der Waals surface area contributed by atoms with E-state index in [0.29, 0.717) is 28.4 Å². The van der Waals surface area contributed by atoms with Crippen LogP contribution in [0.25, 0.3) is 0 Å². The lowest BCUT2D eigenvalue weighted by Gasteiger charge is -2.17. The Morgan fingerprint density at radius 3 is 2.40 bits per heavy atom. The fourth-order valence-electron chi connectivity index (χ4n) is 4.04. The molecule has 0 bridgehead atoms. The zero-order valence-corrected chi connectivity index (χ0v) is 19.6. The number of hydrogen-bond donors (Lipinski definition) is 2. The Hall–Kier alpha value is -4.33. The van der Waals surface area contributed by atoms with Gasteiger partial charge in [0.1, 0.15) is 11.5 Å².